The van der Waals surface area contributed by atoms with Gasteiger partial charge in [-0.25, -0.2) is 8.42 Å². The fourth-order valence-electron chi connectivity index (χ4n) is 1.44. The molecule has 1 unspecified atom stereocenters. The molecule has 13 heavy (non-hydrogen) atoms. The molecule has 0 saturated carbocycles. The second-order valence-corrected chi connectivity index (χ2v) is 5.75. The Kier molecular flexibility index (Phi) is 3.30. The number of sulfone groups is 1. The highest BCUT2D eigenvalue weighted by Gasteiger charge is 2.13. The number of rotatable bonds is 3. The zero-order chi connectivity index (χ0) is 9.90. The highest BCUT2D eigenvalue weighted by atomic mass is 32.2. The molecule has 5 heteroatoms. The Bertz CT molecular complexity index is 295. The Morgan fingerprint density at radius 1 is 1.62 bits per heavy atom. The van der Waals surface area contributed by atoms with Gasteiger partial charge in [-0.15, -0.1) is 0 Å². The third-order valence-corrected chi connectivity index (χ3v) is 2.95. The predicted octanol–water partition coefficient (Wildman–Crippen LogP) is 0.201. The maximum Gasteiger partial charge on any atom is 0.149 e. The Morgan fingerprint density at radius 3 is 2.77 bits per heavy atom. The molecule has 0 saturated heterocycles. The van der Waals surface area contributed by atoms with E-state index in [1.165, 1.54) is 6.26 Å². The number of aliphatic imine (C=N–C) groups is 1. The smallest absolute Gasteiger partial charge is 0.149 e. The van der Waals surface area contributed by atoms with Crippen LogP contribution >= 0.6 is 0 Å². The standard InChI is InChI=1S/C8H16N2O2S/c1-7(6-13(2,11)12)10-8-4-3-5-9-8/h7H,3-6H2,1-2H3,(H,9,10). The van der Waals surface area contributed by atoms with E-state index in [9.17, 15) is 8.42 Å². The van der Waals surface area contributed by atoms with Crippen LogP contribution in [0.5, 0.6) is 0 Å². The Labute approximate surface area is 79.4 Å². The van der Waals surface area contributed by atoms with Crippen LogP contribution in [0.4, 0.5) is 0 Å². The minimum atomic E-state index is -2.88. The van der Waals surface area contributed by atoms with Gasteiger partial charge in [0, 0.05) is 25.3 Å². The summed E-state index contributed by atoms with van der Waals surface area (Å²) < 4.78 is 21.9. The van der Waals surface area contributed by atoms with Crippen molar-refractivity contribution in [1.29, 1.82) is 0 Å². The average Bonchev–Trinajstić information content (AvgIpc) is 2.34. The van der Waals surface area contributed by atoms with Crippen LogP contribution in [-0.2, 0) is 9.84 Å². The zero-order valence-corrected chi connectivity index (χ0v) is 8.89. The van der Waals surface area contributed by atoms with Crippen LogP contribution in [0.1, 0.15) is 19.8 Å². The summed E-state index contributed by atoms with van der Waals surface area (Å²) in [5.74, 6) is 1.13. The molecule has 1 atom stereocenters. The van der Waals surface area contributed by atoms with Crippen LogP contribution in [0, 0.1) is 0 Å². The molecule has 1 N–H and O–H groups in total. The Morgan fingerprint density at radius 2 is 2.31 bits per heavy atom. The van der Waals surface area contributed by atoms with E-state index in [1.54, 1.807) is 0 Å². The topological polar surface area (TPSA) is 58.5 Å². The predicted molar refractivity (Wildman–Crippen MR) is 53.8 cm³/mol. The molecule has 1 heterocycles. The maximum absolute atomic E-state index is 10.9. The first kappa shape index (κ1) is 10.5. The molecule has 0 bridgehead atoms. The van der Waals surface area contributed by atoms with Crippen molar-refractivity contribution < 1.29 is 8.42 Å². The molecule has 1 rings (SSSR count). The molecule has 1 aliphatic heterocycles. The fraction of sp³-hybridized carbons (Fsp3) is 0.875. The summed E-state index contributed by atoms with van der Waals surface area (Å²) in [5, 5.41) is 3.11. The number of hydrogen-bond donors (Lipinski definition) is 1. The van der Waals surface area contributed by atoms with E-state index in [0.29, 0.717) is 0 Å². The van der Waals surface area contributed by atoms with Crippen molar-refractivity contribution >= 4 is 15.7 Å². The lowest BCUT2D eigenvalue weighted by atomic mass is 10.3. The lowest BCUT2D eigenvalue weighted by Gasteiger charge is -2.13. The van der Waals surface area contributed by atoms with Gasteiger partial charge in [0.1, 0.15) is 9.84 Å². The quantitative estimate of drug-likeness (QED) is 0.714. The van der Waals surface area contributed by atoms with Gasteiger partial charge < -0.3 is 5.32 Å². The van der Waals surface area contributed by atoms with Crippen LogP contribution < -0.4 is 5.32 Å². The van der Waals surface area contributed by atoms with Gasteiger partial charge >= 0.3 is 0 Å². The van der Waals surface area contributed by atoms with Crippen LogP contribution in [0.2, 0.25) is 0 Å². The summed E-state index contributed by atoms with van der Waals surface area (Å²) in [6.45, 7) is 2.73. The Balaban J connectivity index is 2.37. The van der Waals surface area contributed by atoms with Crippen molar-refractivity contribution in [1.82, 2.24) is 5.32 Å². The van der Waals surface area contributed by atoms with Crippen molar-refractivity contribution in [2.75, 3.05) is 18.6 Å². The molecule has 0 aromatic carbocycles. The van der Waals surface area contributed by atoms with E-state index in [4.69, 9.17) is 0 Å². The van der Waals surface area contributed by atoms with Crippen LogP contribution in [0.3, 0.4) is 0 Å². The number of nitrogens with one attached hydrogen (secondary N) is 1. The van der Waals surface area contributed by atoms with E-state index in [2.05, 4.69) is 10.3 Å². The number of amidine groups is 1. The summed E-state index contributed by atoms with van der Waals surface area (Å²) in [6, 6.07) is -0.0353. The second-order valence-electron chi connectivity index (χ2n) is 3.57. The minimum absolute atomic E-state index is 0.0353. The van der Waals surface area contributed by atoms with Gasteiger partial charge in [0.15, 0.2) is 0 Å². The van der Waals surface area contributed by atoms with Gasteiger partial charge in [-0.05, 0) is 13.3 Å². The summed E-state index contributed by atoms with van der Waals surface area (Å²) in [6.07, 6.45) is 3.28. The van der Waals surface area contributed by atoms with Crippen molar-refractivity contribution in [3.63, 3.8) is 0 Å². The van der Waals surface area contributed by atoms with Crippen LogP contribution in [0.25, 0.3) is 0 Å². The lowest BCUT2D eigenvalue weighted by Crippen LogP contribution is -2.36. The van der Waals surface area contributed by atoms with Gasteiger partial charge in [0.05, 0.1) is 11.6 Å². The lowest BCUT2D eigenvalue weighted by molar-refractivity contribution is 0.590. The summed E-state index contributed by atoms with van der Waals surface area (Å²) in [7, 11) is -2.88. The maximum atomic E-state index is 10.9. The van der Waals surface area contributed by atoms with Crippen LogP contribution in [0.15, 0.2) is 4.99 Å². The SMILES string of the molecule is CC(CS(C)(=O)=O)NC1=NCCC1. The highest BCUT2D eigenvalue weighted by Crippen LogP contribution is 2.02. The van der Waals surface area contributed by atoms with Gasteiger partial charge in [0.25, 0.3) is 0 Å². The molecule has 0 amide bonds. The normalized spacial score (nSPS) is 19.7. The second kappa shape index (κ2) is 4.09. The van der Waals surface area contributed by atoms with E-state index < -0.39 is 9.84 Å². The van der Waals surface area contributed by atoms with Crippen LogP contribution in [-0.4, -0.2) is 38.8 Å². The van der Waals surface area contributed by atoms with E-state index in [-0.39, 0.29) is 11.8 Å². The zero-order valence-electron chi connectivity index (χ0n) is 8.08. The molecule has 1 aliphatic rings. The molecule has 0 fully saturated rings. The summed E-state index contributed by atoms with van der Waals surface area (Å²) in [4.78, 5) is 4.22. The van der Waals surface area contributed by atoms with E-state index in [1.807, 2.05) is 6.92 Å². The first-order valence-electron chi connectivity index (χ1n) is 4.45. The van der Waals surface area contributed by atoms with Crippen molar-refractivity contribution in [3.8, 4) is 0 Å². The summed E-state index contributed by atoms with van der Waals surface area (Å²) >= 11 is 0. The summed E-state index contributed by atoms with van der Waals surface area (Å²) in [5.41, 5.74) is 0. The fourth-order valence-corrected chi connectivity index (χ4v) is 2.43. The molecule has 0 aliphatic carbocycles. The minimum Gasteiger partial charge on any atom is -0.370 e. The first-order valence-corrected chi connectivity index (χ1v) is 6.51. The molecule has 0 aromatic heterocycles. The number of hydrogen-bond acceptors (Lipinski definition) is 4. The number of nitrogens with zero attached hydrogens (tertiary/aromatic N) is 1. The third kappa shape index (κ3) is 4.26. The largest absolute Gasteiger partial charge is 0.370 e. The third-order valence-electron chi connectivity index (χ3n) is 1.84. The van der Waals surface area contributed by atoms with Gasteiger partial charge in [0.2, 0.25) is 0 Å². The molecule has 0 aromatic rings. The Hall–Kier alpha value is -0.580. The molecular weight excluding hydrogens is 188 g/mol. The molecule has 0 spiro atoms. The molecular formula is C8H16N2O2S. The van der Waals surface area contributed by atoms with Crippen molar-refractivity contribution in [2.45, 2.75) is 25.8 Å². The molecule has 0 radical (unpaired) electrons. The highest BCUT2D eigenvalue weighted by molar-refractivity contribution is 7.90. The average molecular weight is 204 g/mol. The van der Waals surface area contributed by atoms with Crippen molar-refractivity contribution in [2.24, 2.45) is 4.99 Å². The first-order chi connectivity index (χ1) is 5.97. The molecule has 76 valence electrons. The van der Waals surface area contributed by atoms with Crippen molar-refractivity contribution in [3.05, 3.63) is 0 Å². The van der Waals surface area contributed by atoms with Gasteiger partial charge in [-0.1, -0.05) is 0 Å². The van der Waals surface area contributed by atoms with Gasteiger partial charge in [-0.3, -0.25) is 4.99 Å². The van der Waals surface area contributed by atoms with E-state index >= 15 is 0 Å². The van der Waals surface area contributed by atoms with E-state index in [0.717, 1.165) is 25.2 Å². The molecule has 4 nitrogen and oxygen atoms in total. The van der Waals surface area contributed by atoms with Gasteiger partial charge in [-0.2, -0.15) is 0 Å². The monoisotopic (exact) mass is 204 g/mol.